The van der Waals surface area contributed by atoms with Gasteiger partial charge in [0, 0.05) is 18.7 Å². The monoisotopic (exact) mass is 868 g/mol. The lowest BCUT2D eigenvalue weighted by Gasteiger charge is -2.16. The number of carbonyl (C=O) groups is 8. The van der Waals surface area contributed by atoms with Crippen molar-refractivity contribution in [3.05, 3.63) is 83.9 Å². The highest BCUT2D eigenvalue weighted by atomic mass is 16.5. The number of likely N-dealkylation sites (tertiary alicyclic amines) is 1. The number of fused-ring (bicyclic) bond motifs is 15. The third kappa shape index (κ3) is 10.1. The number of hydrogen-bond donors (Lipinski definition) is 3. The van der Waals surface area contributed by atoms with E-state index in [4.69, 9.17) is 14.2 Å². The van der Waals surface area contributed by atoms with Crippen molar-refractivity contribution >= 4 is 47.3 Å². The van der Waals surface area contributed by atoms with E-state index in [0.717, 1.165) is 51.4 Å². The van der Waals surface area contributed by atoms with Gasteiger partial charge in [-0.3, -0.25) is 59.2 Å². The molecule has 12 atom stereocenters. The molecule has 0 spiro atoms. The molecule has 1 aromatic heterocycles. The minimum absolute atomic E-state index is 0.0173. The number of rotatable bonds is 8. The third-order valence-corrected chi connectivity index (χ3v) is 13.1. The van der Waals surface area contributed by atoms with Gasteiger partial charge < -0.3 is 18.6 Å². The topological polar surface area (TPSA) is 217 Å². The van der Waals surface area contributed by atoms with E-state index in [-0.39, 0.29) is 119 Å². The molecule has 8 saturated heterocycles. The van der Waals surface area contributed by atoms with Gasteiger partial charge in [0.1, 0.15) is 0 Å². The molecule has 1 aromatic rings. The molecule has 11 heterocycles. The highest BCUT2D eigenvalue weighted by Crippen LogP contribution is 2.49. The van der Waals surface area contributed by atoms with Crippen LogP contribution in [0.1, 0.15) is 79.1 Å². The molecule has 63 heavy (non-hydrogen) atoms. The van der Waals surface area contributed by atoms with Gasteiger partial charge in [-0.25, -0.2) is 0 Å². The summed E-state index contributed by atoms with van der Waals surface area (Å²) in [6.07, 6.45) is 23.6. The van der Waals surface area contributed by atoms with Gasteiger partial charge >= 0.3 is 0 Å². The van der Waals surface area contributed by atoms with Gasteiger partial charge in [0.05, 0.1) is 84.7 Å². The Labute approximate surface area is 365 Å². The Kier molecular flexibility index (Phi) is 14.3. The Balaban J connectivity index is 0.000000135. The normalized spacial score (nSPS) is 34.3. The van der Waals surface area contributed by atoms with E-state index < -0.39 is 0 Å². The van der Waals surface area contributed by atoms with Crippen molar-refractivity contribution in [1.82, 2.24) is 20.9 Å². The first kappa shape index (κ1) is 45.4. The quantitative estimate of drug-likeness (QED) is 0.252. The zero-order chi connectivity index (χ0) is 44.9. The number of nitrogens with one attached hydrogen (secondary N) is 3. The fraction of sp³-hybridized carbons (Fsp3) is 0.532. The molecular weight excluding hydrogens is 813 g/mol. The summed E-state index contributed by atoms with van der Waals surface area (Å²) in [6, 6.07) is 3.67. The number of nitrogens with zero attached hydrogens (tertiary/aromatic N) is 1. The maximum absolute atomic E-state index is 12.6. The largest absolute Gasteiger partial charge is 0.473 e. The van der Waals surface area contributed by atoms with Crippen LogP contribution < -0.4 is 16.0 Å². The Morgan fingerprint density at radius 1 is 0.556 bits per heavy atom. The second-order valence-corrected chi connectivity index (χ2v) is 17.6. The Morgan fingerprint density at radius 3 is 1.40 bits per heavy atom. The van der Waals surface area contributed by atoms with Crippen molar-refractivity contribution in [2.24, 2.45) is 35.5 Å². The number of amides is 8. The van der Waals surface area contributed by atoms with Crippen LogP contribution in [0, 0.1) is 35.5 Å². The maximum atomic E-state index is 12.6. The summed E-state index contributed by atoms with van der Waals surface area (Å²) in [7, 11) is 0. The molecule has 10 aliphatic rings. The molecule has 0 unspecified atom stereocenters. The standard InChI is InChI=1S/C23H33NO3.C8H9NO3.C8H7NO3.C4H3NO2.C4H4O/c1-15(2)7-5-8-16(3)9-6-10-17(4)13-14-24-22(25)20-18-11-12-19(27-18)21(20)23(24)26;2*10-7-5-3-1-2-4(12-3)6(5)8(11)9-7;6-3-1-2-4(7)5-3;1-2-4-5-3-1/h7,9,13,18-21H,5-6,8,10-12,14H2,1-4H3;3-6H,1-2H2,(H,9,10,11);1-6H,(H,9,10,11);1-2H,(H,5,6,7);1-4H/b16-9+,17-13+;;;;/t18-,19+,20-,21+;2*3-,4+,5-,6+;;. The van der Waals surface area contributed by atoms with E-state index in [1.54, 1.807) is 12.5 Å². The van der Waals surface area contributed by atoms with Gasteiger partial charge in [-0.1, -0.05) is 47.1 Å². The zero-order valence-corrected chi connectivity index (χ0v) is 36.0. The van der Waals surface area contributed by atoms with Crippen LogP contribution in [-0.4, -0.2) is 95.3 Å². The van der Waals surface area contributed by atoms with Crippen molar-refractivity contribution in [3.63, 3.8) is 0 Å². The average molecular weight is 869 g/mol. The first-order valence-corrected chi connectivity index (χ1v) is 21.9. The summed E-state index contributed by atoms with van der Waals surface area (Å²) in [5.41, 5.74) is 4.03. The molecule has 0 radical (unpaired) electrons. The molecule has 0 aliphatic carbocycles. The van der Waals surface area contributed by atoms with Crippen molar-refractivity contribution in [3.8, 4) is 0 Å². The van der Waals surface area contributed by atoms with E-state index in [2.05, 4.69) is 54.9 Å². The van der Waals surface area contributed by atoms with Gasteiger partial charge in [-0.15, -0.1) is 0 Å². The molecule has 3 N–H and O–H groups in total. The van der Waals surface area contributed by atoms with Crippen molar-refractivity contribution in [2.45, 2.75) is 116 Å². The van der Waals surface area contributed by atoms with Crippen LogP contribution in [0.15, 0.2) is 88.3 Å². The number of carbonyl (C=O) groups excluding carboxylic acids is 8. The van der Waals surface area contributed by atoms with Gasteiger partial charge in [-0.2, -0.15) is 0 Å². The molecule has 8 fully saturated rings. The lowest BCUT2D eigenvalue weighted by molar-refractivity contribution is -0.142. The Bertz CT molecular complexity index is 2020. The van der Waals surface area contributed by atoms with Crippen molar-refractivity contribution in [2.75, 3.05) is 6.54 Å². The first-order valence-electron chi connectivity index (χ1n) is 21.9. The van der Waals surface area contributed by atoms with Crippen LogP contribution in [0.4, 0.5) is 0 Å². The van der Waals surface area contributed by atoms with E-state index in [0.29, 0.717) is 6.54 Å². The summed E-state index contributed by atoms with van der Waals surface area (Å²) in [6.45, 7) is 8.96. The predicted molar refractivity (Wildman–Crippen MR) is 224 cm³/mol. The molecule has 0 aromatic carbocycles. The number of furan rings is 1. The Hall–Kier alpha value is -5.58. The summed E-state index contributed by atoms with van der Waals surface area (Å²) in [5.74, 6) is -2.58. The van der Waals surface area contributed by atoms with E-state index >= 15 is 0 Å². The van der Waals surface area contributed by atoms with Crippen molar-refractivity contribution < 1.29 is 57.0 Å². The highest BCUT2D eigenvalue weighted by molar-refractivity contribution is 6.13. The molecular formula is C47H56N4O12. The lowest BCUT2D eigenvalue weighted by Crippen LogP contribution is -2.34. The minimum Gasteiger partial charge on any atom is -0.473 e. The number of ether oxygens (including phenoxy) is 3. The lowest BCUT2D eigenvalue weighted by atomic mass is 9.81. The summed E-state index contributed by atoms with van der Waals surface area (Å²) >= 11 is 0. The van der Waals surface area contributed by atoms with Gasteiger partial charge in [0.25, 0.3) is 11.8 Å². The SMILES string of the molecule is CC(C)=CCC/C(C)=C/CC/C(C)=C/CN1C(=O)[C@@H]2[C@H](C1=O)[C@H]1CC[C@@H]2O1.O=C1C=CC(=O)N1.O=C1NC(=O)[C@H]2[C@@H]1[C@@H]1C=C[C@H]2O1.O=C1NC(=O)[C@H]2[C@@H]1[C@@H]1CC[C@H]2O1.c1ccoc1. The third-order valence-electron chi connectivity index (χ3n) is 13.1. The van der Waals surface area contributed by atoms with Crippen LogP contribution in [0.2, 0.25) is 0 Å². The molecule has 10 aliphatic heterocycles. The number of allylic oxidation sites excluding steroid dienone is 5. The van der Waals surface area contributed by atoms with Crippen LogP contribution in [0.5, 0.6) is 0 Å². The zero-order valence-electron chi connectivity index (χ0n) is 36.0. The Morgan fingerprint density at radius 2 is 0.984 bits per heavy atom. The molecule has 16 heteroatoms. The number of hydrogen-bond acceptors (Lipinski definition) is 12. The number of imide groups is 4. The second-order valence-electron chi connectivity index (χ2n) is 17.6. The summed E-state index contributed by atoms with van der Waals surface area (Å²) in [5, 5.41) is 6.71. The molecule has 16 nitrogen and oxygen atoms in total. The molecule has 8 amide bonds. The summed E-state index contributed by atoms with van der Waals surface area (Å²) in [4.78, 5) is 91.7. The maximum Gasteiger partial charge on any atom is 0.250 e. The smallest absolute Gasteiger partial charge is 0.250 e. The fourth-order valence-electron chi connectivity index (χ4n) is 9.98. The predicted octanol–water partition coefficient (Wildman–Crippen LogP) is 3.70. The van der Waals surface area contributed by atoms with Crippen LogP contribution in [0.25, 0.3) is 0 Å². The van der Waals surface area contributed by atoms with Crippen LogP contribution in [0.3, 0.4) is 0 Å². The first-order chi connectivity index (χ1) is 30.2. The summed E-state index contributed by atoms with van der Waals surface area (Å²) < 4.78 is 21.2. The van der Waals surface area contributed by atoms with Crippen LogP contribution >= 0.6 is 0 Å². The van der Waals surface area contributed by atoms with Crippen LogP contribution in [-0.2, 0) is 52.6 Å². The highest BCUT2D eigenvalue weighted by Gasteiger charge is 2.62. The minimum atomic E-state index is -0.329. The molecule has 336 valence electrons. The van der Waals surface area contributed by atoms with E-state index in [1.807, 2.05) is 35.7 Å². The van der Waals surface area contributed by atoms with Gasteiger partial charge in [0.15, 0.2) is 0 Å². The average Bonchev–Trinajstić information content (AvgIpc) is 4.09. The van der Waals surface area contributed by atoms with E-state index in [9.17, 15) is 38.4 Å². The molecule has 6 bridgehead atoms. The van der Waals surface area contributed by atoms with E-state index in [1.165, 1.54) is 33.8 Å². The van der Waals surface area contributed by atoms with Gasteiger partial charge in [-0.05, 0) is 91.2 Å². The van der Waals surface area contributed by atoms with Gasteiger partial charge in [0.2, 0.25) is 35.4 Å². The fourth-order valence-corrected chi connectivity index (χ4v) is 9.98. The molecule has 0 saturated carbocycles. The van der Waals surface area contributed by atoms with Crippen molar-refractivity contribution in [1.29, 1.82) is 0 Å². The second kappa shape index (κ2) is 19.9. The molecule has 11 rings (SSSR count).